The standard InChI is InChI=1S/C24H24F3N3O3S/c1-30(2)15-14-17-6-10-20(11-7-17)28-23(31)18-8-12-22(13-9-18)34(32,33)29-21-5-3-4-19(16-21)24(25,26)27/h3-13,16,29H,14-15H2,1-2H3,(H,28,31). The number of sulfonamides is 1. The summed E-state index contributed by atoms with van der Waals surface area (Å²) in [7, 11) is -0.161. The van der Waals surface area contributed by atoms with Gasteiger partial charge in [-0.1, -0.05) is 18.2 Å². The Kier molecular flexibility index (Phi) is 7.63. The number of amides is 1. The summed E-state index contributed by atoms with van der Waals surface area (Å²) in [5.74, 6) is -0.421. The highest BCUT2D eigenvalue weighted by Crippen LogP contribution is 2.31. The van der Waals surface area contributed by atoms with Crippen LogP contribution in [0.5, 0.6) is 0 Å². The van der Waals surface area contributed by atoms with Gasteiger partial charge in [-0.25, -0.2) is 8.42 Å². The molecule has 0 aliphatic rings. The van der Waals surface area contributed by atoms with Crippen molar-refractivity contribution in [3.63, 3.8) is 0 Å². The Labute approximate surface area is 196 Å². The molecule has 180 valence electrons. The van der Waals surface area contributed by atoms with Crippen molar-refractivity contribution >= 4 is 27.3 Å². The molecule has 0 saturated heterocycles. The van der Waals surface area contributed by atoms with Gasteiger partial charge in [-0.2, -0.15) is 13.2 Å². The Morgan fingerprint density at radius 1 is 0.912 bits per heavy atom. The summed E-state index contributed by atoms with van der Waals surface area (Å²) < 4.78 is 65.9. The number of hydrogen-bond donors (Lipinski definition) is 2. The molecule has 34 heavy (non-hydrogen) atoms. The number of carbonyl (C=O) groups excluding carboxylic acids is 1. The van der Waals surface area contributed by atoms with Crippen LogP contribution in [0.4, 0.5) is 24.5 Å². The molecule has 0 atom stereocenters. The van der Waals surface area contributed by atoms with Gasteiger partial charge in [0.1, 0.15) is 0 Å². The molecule has 0 unspecified atom stereocenters. The fourth-order valence-electron chi connectivity index (χ4n) is 3.07. The number of rotatable bonds is 8. The first kappa shape index (κ1) is 25.3. The average molecular weight is 492 g/mol. The van der Waals surface area contributed by atoms with Crippen LogP contribution in [0.25, 0.3) is 0 Å². The van der Waals surface area contributed by atoms with Crippen molar-refractivity contribution in [2.75, 3.05) is 30.7 Å². The Morgan fingerprint density at radius 2 is 1.56 bits per heavy atom. The van der Waals surface area contributed by atoms with E-state index in [2.05, 4.69) is 14.9 Å². The van der Waals surface area contributed by atoms with Gasteiger partial charge in [0.05, 0.1) is 10.5 Å². The van der Waals surface area contributed by atoms with Gasteiger partial charge in [-0.05, 0) is 80.7 Å². The Hall–Kier alpha value is -3.37. The monoisotopic (exact) mass is 491 g/mol. The van der Waals surface area contributed by atoms with E-state index in [1.807, 2.05) is 26.2 Å². The van der Waals surface area contributed by atoms with E-state index in [1.165, 1.54) is 30.3 Å². The predicted octanol–water partition coefficient (Wildman–Crippen LogP) is 4.86. The van der Waals surface area contributed by atoms with Crippen molar-refractivity contribution in [3.05, 3.63) is 89.5 Å². The number of likely N-dealkylation sites (N-methyl/N-ethyl adjacent to an activating group) is 1. The van der Waals surface area contributed by atoms with Crippen molar-refractivity contribution in [1.82, 2.24) is 4.90 Å². The van der Waals surface area contributed by atoms with Crippen LogP contribution in [-0.2, 0) is 22.6 Å². The first-order valence-electron chi connectivity index (χ1n) is 10.3. The maximum Gasteiger partial charge on any atom is 0.416 e. The van der Waals surface area contributed by atoms with Gasteiger partial charge >= 0.3 is 6.18 Å². The minimum absolute atomic E-state index is 0.188. The molecule has 2 N–H and O–H groups in total. The Morgan fingerprint density at radius 3 is 2.15 bits per heavy atom. The predicted molar refractivity (Wildman–Crippen MR) is 125 cm³/mol. The quantitative estimate of drug-likeness (QED) is 0.472. The first-order chi connectivity index (χ1) is 15.9. The van der Waals surface area contributed by atoms with Crippen LogP contribution < -0.4 is 10.0 Å². The zero-order chi connectivity index (χ0) is 24.9. The van der Waals surface area contributed by atoms with E-state index in [4.69, 9.17) is 0 Å². The summed E-state index contributed by atoms with van der Waals surface area (Å²) in [6.45, 7) is 0.906. The summed E-state index contributed by atoms with van der Waals surface area (Å²) in [6, 6.07) is 16.4. The van der Waals surface area contributed by atoms with Gasteiger partial charge in [0.15, 0.2) is 0 Å². The molecule has 0 aliphatic carbocycles. The van der Waals surface area contributed by atoms with Crippen LogP contribution in [0.1, 0.15) is 21.5 Å². The second-order valence-corrected chi connectivity index (χ2v) is 9.60. The van der Waals surface area contributed by atoms with E-state index in [0.29, 0.717) is 11.8 Å². The molecule has 10 heteroatoms. The number of anilines is 2. The van der Waals surface area contributed by atoms with Crippen molar-refractivity contribution in [2.45, 2.75) is 17.5 Å². The second-order valence-electron chi connectivity index (χ2n) is 7.91. The van der Waals surface area contributed by atoms with E-state index in [-0.39, 0.29) is 16.1 Å². The van der Waals surface area contributed by atoms with E-state index >= 15 is 0 Å². The largest absolute Gasteiger partial charge is 0.416 e. The SMILES string of the molecule is CN(C)CCc1ccc(NC(=O)c2ccc(S(=O)(=O)Nc3cccc(C(F)(F)F)c3)cc2)cc1. The van der Waals surface area contributed by atoms with Crippen molar-refractivity contribution in [1.29, 1.82) is 0 Å². The van der Waals surface area contributed by atoms with Crippen LogP contribution in [0.3, 0.4) is 0 Å². The minimum Gasteiger partial charge on any atom is -0.322 e. The van der Waals surface area contributed by atoms with Gasteiger partial charge in [0.25, 0.3) is 15.9 Å². The molecule has 0 aromatic heterocycles. The maximum absolute atomic E-state index is 12.9. The summed E-state index contributed by atoms with van der Waals surface area (Å²) >= 11 is 0. The molecular formula is C24H24F3N3O3S. The van der Waals surface area contributed by atoms with Crippen LogP contribution in [0, 0.1) is 0 Å². The zero-order valence-corrected chi connectivity index (χ0v) is 19.4. The van der Waals surface area contributed by atoms with Gasteiger partial charge in [-0.15, -0.1) is 0 Å². The fraction of sp³-hybridized carbons (Fsp3) is 0.208. The lowest BCUT2D eigenvalue weighted by atomic mass is 10.1. The molecule has 3 aromatic carbocycles. The summed E-state index contributed by atoms with van der Waals surface area (Å²) in [6.07, 6.45) is -3.71. The van der Waals surface area contributed by atoms with E-state index in [9.17, 15) is 26.4 Å². The molecule has 0 bridgehead atoms. The maximum atomic E-state index is 12.9. The number of benzene rings is 3. The van der Waals surface area contributed by atoms with Gasteiger partial charge < -0.3 is 10.2 Å². The van der Waals surface area contributed by atoms with Gasteiger partial charge in [-0.3, -0.25) is 9.52 Å². The third kappa shape index (κ3) is 6.82. The third-order valence-corrected chi connectivity index (χ3v) is 6.33. The van der Waals surface area contributed by atoms with Crippen molar-refractivity contribution in [3.8, 4) is 0 Å². The molecule has 0 aliphatic heterocycles. The molecule has 0 fully saturated rings. The zero-order valence-electron chi connectivity index (χ0n) is 18.6. The smallest absolute Gasteiger partial charge is 0.322 e. The molecular weight excluding hydrogens is 467 g/mol. The number of halogens is 3. The van der Waals surface area contributed by atoms with Gasteiger partial charge in [0.2, 0.25) is 0 Å². The highest BCUT2D eigenvalue weighted by atomic mass is 32.2. The van der Waals surface area contributed by atoms with E-state index in [1.54, 1.807) is 12.1 Å². The molecule has 1 amide bonds. The third-order valence-electron chi connectivity index (χ3n) is 4.93. The van der Waals surface area contributed by atoms with Crippen molar-refractivity contribution in [2.24, 2.45) is 0 Å². The molecule has 3 aromatic rings. The molecule has 3 rings (SSSR count). The molecule has 0 spiro atoms. The minimum atomic E-state index is -4.59. The summed E-state index contributed by atoms with van der Waals surface area (Å²) in [4.78, 5) is 14.4. The van der Waals surface area contributed by atoms with Crippen LogP contribution in [-0.4, -0.2) is 39.9 Å². The van der Waals surface area contributed by atoms with Crippen LogP contribution >= 0.6 is 0 Å². The Bertz CT molecular complexity index is 1240. The second kappa shape index (κ2) is 10.3. The summed E-state index contributed by atoms with van der Waals surface area (Å²) in [5.41, 5.74) is 0.780. The van der Waals surface area contributed by atoms with Crippen LogP contribution in [0.2, 0.25) is 0 Å². The highest BCUT2D eigenvalue weighted by Gasteiger charge is 2.30. The van der Waals surface area contributed by atoms with E-state index in [0.717, 1.165) is 30.7 Å². The number of hydrogen-bond acceptors (Lipinski definition) is 4. The number of nitrogens with zero attached hydrogens (tertiary/aromatic N) is 1. The molecule has 0 heterocycles. The average Bonchev–Trinajstić information content (AvgIpc) is 2.78. The van der Waals surface area contributed by atoms with E-state index < -0.39 is 27.7 Å². The molecule has 0 saturated carbocycles. The lowest BCUT2D eigenvalue weighted by Gasteiger charge is -2.12. The number of nitrogens with one attached hydrogen (secondary N) is 2. The number of alkyl halides is 3. The normalized spacial score (nSPS) is 11.9. The number of carbonyl (C=O) groups is 1. The topological polar surface area (TPSA) is 78.5 Å². The lowest BCUT2D eigenvalue weighted by molar-refractivity contribution is -0.137. The molecule has 6 nitrogen and oxygen atoms in total. The highest BCUT2D eigenvalue weighted by molar-refractivity contribution is 7.92. The Balaban J connectivity index is 1.66. The van der Waals surface area contributed by atoms with Gasteiger partial charge in [0, 0.05) is 23.5 Å². The lowest BCUT2D eigenvalue weighted by Crippen LogP contribution is -2.16. The van der Waals surface area contributed by atoms with Crippen LogP contribution in [0.15, 0.2) is 77.7 Å². The summed E-state index contributed by atoms with van der Waals surface area (Å²) in [5, 5.41) is 2.75. The first-order valence-corrected chi connectivity index (χ1v) is 11.8. The van der Waals surface area contributed by atoms with Crippen molar-refractivity contribution < 1.29 is 26.4 Å². The fourth-order valence-corrected chi connectivity index (χ4v) is 4.12. The molecule has 0 radical (unpaired) electrons.